The molecule has 1 aromatic heterocycles. The summed E-state index contributed by atoms with van der Waals surface area (Å²) >= 11 is 0. The molecule has 1 aromatic carbocycles. The van der Waals surface area contributed by atoms with E-state index in [1.807, 2.05) is 37.3 Å². The molecule has 5 nitrogen and oxygen atoms in total. The molecule has 0 aliphatic carbocycles. The van der Waals surface area contributed by atoms with Crippen LogP contribution in [0.3, 0.4) is 0 Å². The minimum absolute atomic E-state index is 0.198. The maximum Gasteiger partial charge on any atom is 0.347 e. The third-order valence-electron chi connectivity index (χ3n) is 2.62. The summed E-state index contributed by atoms with van der Waals surface area (Å²) in [6.45, 7) is 2.00. The molecule has 0 unspecified atom stereocenters. The quantitative estimate of drug-likeness (QED) is 0.867. The number of nitrogens with one attached hydrogen (secondary N) is 1. The smallest absolute Gasteiger partial charge is 0.329 e. The summed E-state index contributed by atoms with van der Waals surface area (Å²) in [6.07, 6.45) is 0. The fraction of sp³-hybridized carbons (Fsp3) is 0.154. The molecule has 0 saturated carbocycles. The van der Waals surface area contributed by atoms with Gasteiger partial charge < -0.3 is 4.90 Å². The predicted octanol–water partition coefficient (Wildman–Crippen LogP) is 1.72. The number of aryl methyl sites for hydroxylation is 1. The van der Waals surface area contributed by atoms with Gasteiger partial charge in [0.05, 0.1) is 0 Å². The van der Waals surface area contributed by atoms with E-state index in [9.17, 15) is 4.79 Å². The SMILES string of the molecule is Cc1ccc(N(C)c2cc(C#N)[nH]c(=O)n2)cc1. The molecule has 90 valence electrons. The van der Waals surface area contributed by atoms with Gasteiger partial charge in [0.15, 0.2) is 0 Å². The van der Waals surface area contributed by atoms with E-state index in [2.05, 4.69) is 9.97 Å². The molecule has 0 bridgehead atoms. The number of nitrogens with zero attached hydrogens (tertiary/aromatic N) is 3. The molecule has 0 saturated heterocycles. The molecule has 0 amide bonds. The molecule has 0 fully saturated rings. The number of hydrogen-bond donors (Lipinski definition) is 1. The fourth-order valence-corrected chi connectivity index (χ4v) is 1.58. The zero-order valence-corrected chi connectivity index (χ0v) is 10.1. The van der Waals surface area contributed by atoms with Gasteiger partial charge in [-0.2, -0.15) is 10.2 Å². The molecule has 1 N–H and O–H groups in total. The Hall–Kier alpha value is -2.61. The fourth-order valence-electron chi connectivity index (χ4n) is 1.58. The number of nitriles is 1. The summed E-state index contributed by atoms with van der Waals surface area (Å²) in [5.74, 6) is 0.444. The van der Waals surface area contributed by atoms with E-state index in [1.165, 1.54) is 0 Å². The molecule has 2 rings (SSSR count). The van der Waals surface area contributed by atoms with Gasteiger partial charge in [-0.25, -0.2) is 4.79 Å². The van der Waals surface area contributed by atoms with Gasteiger partial charge in [0.25, 0.3) is 0 Å². The number of aromatic amines is 1. The van der Waals surface area contributed by atoms with Gasteiger partial charge in [0.1, 0.15) is 17.6 Å². The third-order valence-corrected chi connectivity index (χ3v) is 2.62. The second kappa shape index (κ2) is 4.72. The van der Waals surface area contributed by atoms with Crippen molar-refractivity contribution in [1.29, 1.82) is 5.26 Å². The van der Waals surface area contributed by atoms with Crippen LogP contribution in [0.4, 0.5) is 11.5 Å². The van der Waals surface area contributed by atoms with Crippen LogP contribution in [-0.2, 0) is 0 Å². The van der Waals surface area contributed by atoms with Crippen molar-refractivity contribution in [2.45, 2.75) is 6.92 Å². The topological polar surface area (TPSA) is 72.8 Å². The first-order chi connectivity index (χ1) is 8.60. The first-order valence-electron chi connectivity index (χ1n) is 5.42. The van der Waals surface area contributed by atoms with Crippen LogP contribution in [-0.4, -0.2) is 17.0 Å². The van der Waals surface area contributed by atoms with Crippen molar-refractivity contribution < 1.29 is 0 Å². The van der Waals surface area contributed by atoms with E-state index < -0.39 is 5.69 Å². The lowest BCUT2D eigenvalue weighted by Crippen LogP contribution is -2.19. The summed E-state index contributed by atoms with van der Waals surface area (Å²) < 4.78 is 0. The Morgan fingerprint density at radius 1 is 1.33 bits per heavy atom. The Morgan fingerprint density at radius 3 is 2.61 bits per heavy atom. The van der Waals surface area contributed by atoms with Crippen LogP contribution in [0.15, 0.2) is 35.1 Å². The van der Waals surface area contributed by atoms with Crippen molar-refractivity contribution in [3.8, 4) is 6.07 Å². The third kappa shape index (κ3) is 2.38. The molecular weight excluding hydrogens is 228 g/mol. The molecular formula is C13H12N4O. The van der Waals surface area contributed by atoms with Crippen LogP contribution in [0.2, 0.25) is 0 Å². The van der Waals surface area contributed by atoms with Gasteiger partial charge in [0.2, 0.25) is 0 Å². The first-order valence-corrected chi connectivity index (χ1v) is 5.42. The van der Waals surface area contributed by atoms with Crippen LogP contribution in [0.25, 0.3) is 0 Å². The van der Waals surface area contributed by atoms with Crippen LogP contribution < -0.4 is 10.6 Å². The van der Waals surface area contributed by atoms with E-state index in [-0.39, 0.29) is 5.69 Å². The normalized spacial score (nSPS) is 9.83. The van der Waals surface area contributed by atoms with E-state index >= 15 is 0 Å². The molecule has 0 aliphatic heterocycles. The Balaban J connectivity index is 2.43. The van der Waals surface area contributed by atoms with Crippen molar-refractivity contribution in [2.24, 2.45) is 0 Å². The summed E-state index contributed by atoms with van der Waals surface area (Å²) in [5, 5.41) is 8.81. The van der Waals surface area contributed by atoms with Gasteiger partial charge in [-0.15, -0.1) is 0 Å². The van der Waals surface area contributed by atoms with Crippen molar-refractivity contribution in [3.05, 3.63) is 52.1 Å². The van der Waals surface area contributed by atoms with Gasteiger partial charge >= 0.3 is 5.69 Å². The molecule has 18 heavy (non-hydrogen) atoms. The van der Waals surface area contributed by atoms with Gasteiger partial charge in [-0.3, -0.25) is 4.98 Å². The van der Waals surface area contributed by atoms with E-state index in [0.29, 0.717) is 5.82 Å². The van der Waals surface area contributed by atoms with E-state index in [4.69, 9.17) is 5.26 Å². The minimum atomic E-state index is -0.525. The van der Waals surface area contributed by atoms with E-state index in [0.717, 1.165) is 11.3 Å². The lowest BCUT2D eigenvalue weighted by molar-refractivity contribution is 1.01. The number of hydrogen-bond acceptors (Lipinski definition) is 4. The van der Waals surface area contributed by atoms with Crippen LogP contribution in [0.5, 0.6) is 0 Å². The van der Waals surface area contributed by atoms with Crippen molar-refractivity contribution >= 4 is 11.5 Å². The summed E-state index contributed by atoms with van der Waals surface area (Å²) in [7, 11) is 1.80. The van der Waals surface area contributed by atoms with Crippen LogP contribution in [0, 0.1) is 18.3 Å². The van der Waals surface area contributed by atoms with Gasteiger partial charge in [-0.1, -0.05) is 17.7 Å². The number of anilines is 2. The molecule has 0 radical (unpaired) electrons. The Kier molecular flexibility index (Phi) is 3.11. The Morgan fingerprint density at radius 2 is 2.00 bits per heavy atom. The maximum absolute atomic E-state index is 11.3. The summed E-state index contributed by atoms with van der Waals surface area (Å²) in [6, 6.07) is 11.3. The summed E-state index contributed by atoms with van der Waals surface area (Å²) in [4.78, 5) is 19.3. The van der Waals surface area contributed by atoms with E-state index in [1.54, 1.807) is 18.0 Å². The zero-order valence-electron chi connectivity index (χ0n) is 10.1. The highest BCUT2D eigenvalue weighted by Crippen LogP contribution is 2.20. The minimum Gasteiger partial charge on any atom is -0.329 e. The lowest BCUT2D eigenvalue weighted by atomic mass is 10.2. The highest BCUT2D eigenvalue weighted by molar-refractivity contribution is 5.59. The van der Waals surface area contributed by atoms with Crippen molar-refractivity contribution in [2.75, 3.05) is 11.9 Å². The molecule has 0 aliphatic rings. The number of aromatic nitrogens is 2. The van der Waals surface area contributed by atoms with Gasteiger partial charge in [-0.05, 0) is 19.1 Å². The standard InChI is InChI=1S/C13H12N4O/c1-9-3-5-11(6-4-9)17(2)12-7-10(8-14)15-13(18)16-12/h3-7H,1-2H3,(H,15,16,18). The second-order valence-corrected chi connectivity index (χ2v) is 3.96. The number of H-pyrrole nitrogens is 1. The van der Waals surface area contributed by atoms with Crippen molar-refractivity contribution in [1.82, 2.24) is 9.97 Å². The highest BCUT2D eigenvalue weighted by Gasteiger charge is 2.07. The number of benzene rings is 1. The molecule has 1 heterocycles. The molecule has 0 atom stereocenters. The lowest BCUT2D eigenvalue weighted by Gasteiger charge is -2.18. The molecule has 2 aromatic rings. The van der Waals surface area contributed by atoms with Crippen LogP contribution in [0.1, 0.15) is 11.3 Å². The average molecular weight is 240 g/mol. The zero-order chi connectivity index (χ0) is 13.1. The second-order valence-electron chi connectivity index (χ2n) is 3.96. The van der Waals surface area contributed by atoms with Crippen LogP contribution >= 0.6 is 0 Å². The average Bonchev–Trinajstić information content (AvgIpc) is 2.38. The largest absolute Gasteiger partial charge is 0.347 e. The highest BCUT2D eigenvalue weighted by atomic mass is 16.1. The number of rotatable bonds is 2. The predicted molar refractivity (Wildman–Crippen MR) is 68.8 cm³/mol. The Labute approximate surface area is 104 Å². The Bertz CT molecular complexity index is 652. The monoisotopic (exact) mass is 240 g/mol. The van der Waals surface area contributed by atoms with Gasteiger partial charge in [0, 0.05) is 18.8 Å². The molecule has 0 spiro atoms. The van der Waals surface area contributed by atoms with Crippen molar-refractivity contribution in [3.63, 3.8) is 0 Å². The first kappa shape index (κ1) is 11.9. The summed E-state index contributed by atoms with van der Waals surface area (Å²) in [5.41, 5.74) is 1.73. The molecule has 5 heteroatoms. The maximum atomic E-state index is 11.3.